The van der Waals surface area contributed by atoms with Crippen molar-refractivity contribution in [1.82, 2.24) is 0 Å². The van der Waals surface area contributed by atoms with Crippen LogP contribution in [0.1, 0.15) is 5.56 Å². The van der Waals surface area contributed by atoms with Gasteiger partial charge in [-0.15, -0.1) is 0 Å². The minimum absolute atomic E-state index is 0.0276. The molecule has 0 aliphatic rings. The highest BCUT2D eigenvalue weighted by Gasteiger charge is 2.13. The lowest BCUT2D eigenvalue weighted by molar-refractivity contribution is 0.585. The van der Waals surface area contributed by atoms with Crippen LogP contribution in [0, 0.1) is 11.6 Å². The number of nitrogens with one attached hydrogen (secondary N) is 1. The summed E-state index contributed by atoms with van der Waals surface area (Å²) in [6.07, 6.45) is 0. The zero-order chi connectivity index (χ0) is 14.9. The van der Waals surface area contributed by atoms with Crippen molar-refractivity contribution >= 4 is 52.1 Å². The molecule has 7 heteroatoms. The van der Waals surface area contributed by atoms with E-state index >= 15 is 0 Å². The average Bonchev–Trinajstić information content (AvgIpc) is 2.36. The number of hydrogen-bond donors (Lipinski definition) is 1. The summed E-state index contributed by atoms with van der Waals surface area (Å²) < 4.78 is 26.6. The molecule has 0 aliphatic carbocycles. The molecule has 0 heterocycles. The number of benzene rings is 2. The molecule has 0 fully saturated rings. The molecular formula is C13H7Cl4F2N. The Morgan fingerprint density at radius 2 is 1.55 bits per heavy atom. The summed E-state index contributed by atoms with van der Waals surface area (Å²) >= 11 is 23.7. The van der Waals surface area contributed by atoms with E-state index in [1.54, 1.807) is 12.1 Å². The Morgan fingerprint density at radius 3 is 2.20 bits per heavy atom. The van der Waals surface area contributed by atoms with Gasteiger partial charge >= 0.3 is 0 Å². The van der Waals surface area contributed by atoms with Gasteiger partial charge in [0.25, 0.3) is 0 Å². The minimum Gasteiger partial charge on any atom is -0.377 e. The summed E-state index contributed by atoms with van der Waals surface area (Å²) in [5.41, 5.74) is 0.473. The molecule has 0 radical (unpaired) electrons. The first-order valence-electron chi connectivity index (χ1n) is 5.41. The molecule has 106 valence electrons. The topological polar surface area (TPSA) is 12.0 Å². The van der Waals surface area contributed by atoms with E-state index in [1.807, 2.05) is 0 Å². The van der Waals surface area contributed by atoms with Gasteiger partial charge in [-0.1, -0.05) is 46.4 Å². The van der Waals surface area contributed by atoms with Crippen molar-refractivity contribution in [2.45, 2.75) is 6.54 Å². The molecule has 2 rings (SSSR count). The Balaban J connectivity index is 2.28. The van der Waals surface area contributed by atoms with Gasteiger partial charge in [-0.3, -0.25) is 0 Å². The predicted molar refractivity (Wildman–Crippen MR) is 80.2 cm³/mol. The third-order valence-electron chi connectivity index (χ3n) is 2.59. The van der Waals surface area contributed by atoms with E-state index in [-0.39, 0.29) is 22.3 Å². The molecule has 0 atom stereocenters. The van der Waals surface area contributed by atoms with E-state index in [1.165, 1.54) is 0 Å². The summed E-state index contributed by atoms with van der Waals surface area (Å²) in [4.78, 5) is 0. The van der Waals surface area contributed by atoms with Crippen molar-refractivity contribution in [3.8, 4) is 0 Å². The first-order chi connectivity index (χ1) is 9.40. The molecule has 2 aromatic carbocycles. The SMILES string of the molecule is Fc1cc(F)c(NCc2c(Cl)ccc(Cl)c2Cl)c(Cl)c1. The van der Waals surface area contributed by atoms with Crippen molar-refractivity contribution in [1.29, 1.82) is 0 Å². The molecule has 20 heavy (non-hydrogen) atoms. The largest absolute Gasteiger partial charge is 0.377 e. The van der Waals surface area contributed by atoms with Gasteiger partial charge in [-0.2, -0.15) is 0 Å². The lowest BCUT2D eigenvalue weighted by Gasteiger charge is -2.12. The summed E-state index contributed by atoms with van der Waals surface area (Å²) in [5, 5.41) is 3.64. The summed E-state index contributed by atoms with van der Waals surface area (Å²) in [6.45, 7) is 0.0977. The molecule has 1 N–H and O–H groups in total. The van der Waals surface area contributed by atoms with Crippen LogP contribution in [0.25, 0.3) is 0 Å². The molecular weight excluding hydrogens is 350 g/mol. The first-order valence-corrected chi connectivity index (χ1v) is 6.92. The first kappa shape index (κ1) is 15.6. The highest BCUT2D eigenvalue weighted by atomic mass is 35.5. The maximum absolute atomic E-state index is 13.6. The van der Waals surface area contributed by atoms with Gasteiger partial charge in [0, 0.05) is 23.2 Å². The van der Waals surface area contributed by atoms with Crippen LogP contribution in [0.4, 0.5) is 14.5 Å². The fraction of sp³-hybridized carbons (Fsp3) is 0.0769. The van der Waals surface area contributed by atoms with Crippen LogP contribution >= 0.6 is 46.4 Å². The molecule has 0 amide bonds. The highest BCUT2D eigenvalue weighted by molar-refractivity contribution is 6.44. The van der Waals surface area contributed by atoms with Gasteiger partial charge in [0.15, 0.2) is 5.82 Å². The Hall–Kier alpha value is -0.740. The third kappa shape index (κ3) is 3.29. The van der Waals surface area contributed by atoms with Crippen LogP contribution in [0.2, 0.25) is 20.1 Å². The smallest absolute Gasteiger partial charge is 0.150 e. The van der Waals surface area contributed by atoms with Crippen molar-refractivity contribution < 1.29 is 8.78 Å². The molecule has 2 aromatic rings. The number of hydrogen-bond acceptors (Lipinski definition) is 1. The van der Waals surface area contributed by atoms with Crippen LogP contribution in [0.3, 0.4) is 0 Å². The zero-order valence-corrected chi connectivity index (χ0v) is 12.8. The van der Waals surface area contributed by atoms with E-state index in [0.29, 0.717) is 15.6 Å². The highest BCUT2D eigenvalue weighted by Crippen LogP contribution is 2.33. The average molecular weight is 357 g/mol. The predicted octanol–water partition coefficient (Wildman–Crippen LogP) is 6.19. The molecule has 0 aromatic heterocycles. The van der Waals surface area contributed by atoms with Gasteiger partial charge < -0.3 is 5.32 Å². The number of rotatable bonds is 3. The van der Waals surface area contributed by atoms with Crippen LogP contribution in [-0.2, 0) is 6.54 Å². The molecule has 0 saturated heterocycles. The molecule has 0 bridgehead atoms. The van der Waals surface area contributed by atoms with Crippen LogP contribution in [0.15, 0.2) is 24.3 Å². The van der Waals surface area contributed by atoms with Crippen molar-refractivity contribution in [2.75, 3.05) is 5.32 Å². The van der Waals surface area contributed by atoms with Crippen LogP contribution < -0.4 is 5.32 Å². The van der Waals surface area contributed by atoms with Crippen LogP contribution in [-0.4, -0.2) is 0 Å². The lowest BCUT2D eigenvalue weighted by Crippen LogP contribution is -2.04. The fourth-order valence-corrected chi connectivity index (χ4v) is 2.56. The number of halogens is 6. The van der Waals surface area contributed by atoms with Gasteiger partial charge in [-0.05, 0) is 18.2 Å². The second-order valence-electron chi connectivity index (χ2n) is 3.92. The van der Waals surface area contributed by atoms with E-state index in [0.717, 1.165) is 12.1 Å². The third-order valence-corrected chi connectivity index (χ3v) is 4.08. The molecule has 0 aliphatic heterocycles. The Morgan fingerprint density at radius 1 is 0.900 bits per heavy atom. The second-order valence-corrected chi connectivity index (χ2v) is 5.52. The number of anilines is 1. The normalized spacial score (nSPS) is 10.7. The molecule has 0 spiro atoms. The zero-order valence-electron chi connectivity index (χ0n) is 9.78. The van der Waals surface area contributed by atoms with Crippen LogP contribution in [0.5, 0.6) is 0 Å². The summed E-state index contributed by atoms with van der Waals surface area (Å²) in [5.74, 6) is -1.55. The fourth-order valence-electron chi connectivity index (χ4n) is 1.62. The van der Waals surface area contributed by atoms with E-state index in [4.69, 9.17) is 46.4 Å². The standard InChI is InChI=1S/C13H7Cl4F2N/c14-8-1-2-9(15)12(17)7(8)5-20-13-10(16)3-6(18)4-11(13)19/h1-4,20H,5H2. The van der Waals surface area contributed by atoms with E-state index < -0.39 is 11.6 Å². The Labute approximate surface area is 134 Å². The molecule has 0 unspecified atom stereocenters. The quantitative estimate of drug-likeness (QED) is 0.646. The Kier molecular flexibility index (Phi) is 4.97. The molecule has 0 saturated carbocycles. The summed E-state index contributed by atoms with van der Waals surface area (Å²) in [7, 11) is 0. The summed E-state index contributed by atoms with van der Waals surface area (Å²) in [6, 6.07) is 4.88. The van der Waals surface area contributed by atoms with Gasteiger partial charge in [-0.25, -0.2) is 8.78 Å². The molecule has 1 nitrogen and oxygen atoms in total. The monoisotopic (exact) mass is 355 g/mol. The second kappa shape index (κ2) is 6.35. The maximum Gasteiger partial charge on any atom is 0.150 e. The van der Waals surface area contributed by atoms with Crippen molar-refractivity contribution in [3.63, 3.8) is 0 Å². The van der Waals surface area contributed by atoms with Gasteiger partial charge in [0.1, 0.15) is 5.82 Å². The van der Waals surface area contributed by atoms with Crippen molar-refractivity contribution in [2.24, 2.45) is 0 Å². The lowest BCUT2D eigenvalue weighted by atomic mass is 10.2. The Bertz CT molecular complexity index is 638. The van der Waals surface area contributed by atoms with Crippen molar-refractivity contribution in [3.05, 3.63) is 61.6 Å². The maximum atomic E-state index is 13.6. The van der Waals surface area contributed by atoms with E-state index in [9.17, 15) is 8.78 Å². The van der Waals surface area contributed by atoms with Gasteiger partial charge in [0.2, 0.25) is 0 Å². The van der Waals surface area contributed by atoms with Gasteiger partial charge in [0.05, 0.1) is 20.8 Å². The minimum atomic E-state index is -0.802. The van der Waals surface area contributed by atoms with E-state index in [2.05, 4.69) is 5.32 Å².